The number of nitrogens with zero attached hydrogens (tertiary/aromatic N) is 3. The van der Waals surface area contributed by atoms with Crippen LogP contribution in [0.3, 0.4) is 0 Å². The van der Waals surface area contributed by atoms with Gasteiger partial charge in [0.2, 0.25) is 5.13 Å². The first-order valence-corrected chi connectivity index (χ1v) is 13.3. The second kappa shape index (κ2) is 10.4. The van der Waals surface area contributed by atoms with Crippen molar-refractivity contribution in [1.82, 2.24) is 10.2 Å². The summed E-state index contributed by atoms with van der Waals surface area (Å²) in [6.45, 7) is 0. The van der Waals surface area contributed by atoms with E-state index in [0.29, 0.717) is 31.3 Å². The van der Waals surface area contributed by atoms with Crippen LogP contribution in [0, 0.1) is 0 Å². The Balaban J connectivity index is 1.51. The zero-order chi connectivity index (χ0) is 25.2. The predicted octanol–water partition coefficient (Wildman–Crippen LogP) is 6.76. The fourth-order valence-electron chi connectivity index (χ4n) is 3.83. The number of benzene rings is 3. The molecule has 4 aromatic rings. The van der Waals surface area contributed by atoms with Gasteiger partial charge in [0.25, 0.3) is 5.78 Å². The molecule has 1 aromatic heterocycles. The molecular formula is C26H17Cl2N3O3S2. The number of anilines is 1. The molecule has 180 valence electrons. The third-order valence-corrected chi connectivity index (χ3v) is 8.19. The summed E-state index contributed by atoms with van der Waals surface area (Å²) in [6.07, 6.45) is 0. The fourth-order valence-corrected chi connectivity index (χ4v) is 5.90. The Hall–Kier alpha value is -3.17. The Morgan fingerprint density at radius 1 is 0.917 bits per heavy atom. The first-order chi connectivity index (χ1) is 17.4. The topological polar surface area (TPSA) is 83.4 Å². The van der Waals surface area contributed by atoms with Crippen molar-refractivity contribution >= 4 is 68.9 Å². The van der Waals surface area contributed by atoms with E-state index < -0.39 is 17.7 Å². The number of hydrogen-bond acceptors (Lipinski definition) is 7. The molecule has 1 amide bonds. The predicted molar refractivity (Wildman–Crippen MR) is 144 cm³/mol. The van der Waals surface area contributed by atoms with Crippen LogP contribution in [-0.2, 0) is 15.3 Å². The fraction of sp³-hybridized carbons (Fsp3) is 0.0769. The molecule has 1 N–H and O–H groups in total. The molecule has 0 spiro atoms. The van der Waals surface area contributed by atoms with Crippen molar-refractivity contribution in [2.75, 3.05) is 4.90 Å². The number of Topliss-reactive ketones (excluding diaryl/α,β-unsaturated/α-hetero) is 1. The number of thioether (sulfide) groups is 1. The number of carbonyl (C=O) groups is 2. The lowest BCUT2D eigenvalue weighted by Gasteiger charge is -2.22. The van der Waals surface area contributed by atoms with E-state index >= 15 is 0 Å². The van der Waals surface area contributed by atoms with E-state index in [0.717, 1.165) is 5.56 Å². The van der Waals surface area contributed by atoms with Crippen LogP contribution in [0.25, 0.3) is 5.76 Å². The van der Waals surface area contributed by atoms with E-state index in [1.165, 1.54) is 28.0 Å². The van der Waals surface area contributed by atoms with Gasteiger partial charge in [-0.3, -0.25) is 14.5 Å². The number of aromatic nitrogens is 2. The van der Waals surface area contributed by atoms with Gasteiger partial charge < -0.3 is 5.11 Å². The van der Waals surface area contributed by atoms with Crippen molar-refractivity contribution < 1.29 is 14.7 Å². The molecule has 1 aliphatic rings. The van der Waals surface area contributed by atoms with Gasteiger partial charge in [0.1, 0.15) is 5.76 Å². The van der Waals surface area contributed by atoms with E-state index in [2.05, 4.69) is 10.2 Å². The zero-order valence-corrected chi connectivity index (χ0v) is 21.6. The van der Waals surface area contributed by atoms with E-state index in [-0.39, 0.29) is 16.5 Å². The molecule has 0 radical (unpaired) electrons. The molecule has 1 atom stereocenters. The molecule has 0 aliphatic carbocycles. The van der Waals surface area contributed by atoms with E-state index in [4.69, 9.17) is 23.2 Å². The molecular weight excluding hydrogens is 537 g/mol. The van der Waals surface area contributed by atoms with Crippen LogP contribution in [0.2, 0.25) is 10.0 Å². The molecule has 1 unspecified atom stereocenters. The molecule has 6 nitrogen and oxygen atoms in total. The highest BCUT2D eigenvalue weighted by Gasteiger charge is 2.48. The summed E-state index contributed by atoms with van der Waals surface area (Å²) in [5, 5.41) is 21.0. The zero-order valence-electron chi connectivity index (χ0n) is 18.5. The number of ketones is 1. The molecule has 0 bridgehead atoms. The Morgan fingerprint density at radius 2 is 1.56 bits per heavy atom. The second-order valence-corrected chi connectivity index (χ2v) is 10.9. The van der Waals surface area contributed by atoms with Gasteiger partial charge in [0.05, 0.1) is 11.6 Å². The standard InChI is InChI=1S/C26H17Cl2N3O3S2/c27-18-10-6-15(7-11-18)14-35-26-30-29-25(36-26)31-21(16-4-2-1-3-5-16)20(23(33)24(31)34)22(32)17-8-12-19(28)13-9-17/h1-13,21,32H,14H2/b22-20-. The Labute approximate surface area is 225 Å². The average molecular weight is 554 g/mol. The van der Waals surface area contributed by atoms with Gasteiger partial charge in [-0.1, -0.05) is 88.8 Å². The molecule has 1 saturated heterocycles. The summed E-state index contributed by atoms with van der Waals surface area (Å²) in [5.41, 5.74) is 2.10. The lowest BCUT2D eigenvalue weighted by Crippen LogP contribution is -2.29. The summed E-state index contributed by atoms with van der Waals surface area (Å²) in [5.74, 6) is -1.20. The molecule has 3 aromatic carbocycles. The highest BCUT2D eigenvalue weighted by molar-refractivity contribution is 8.00. The van der Waals surface area contributed by atoms with E-state index in [1.54, 1.807) is 36.4 Å². The molecule has 2 heterocycles. The lowest BCUT2D eigenvalue weighted by molar-refractivity contribution is -0.132. The molecule has 10 heteroatoms. The summed E-state index contributed by atoms with van der Waals surface area (Å²) in [4.78, 5) is 27.8. The first kappa shape index (κ1) is 24.5. The van der Waals surface area contributed by atoms with Gasteiger partial charge in [-0.05, 0) is 47.5 Å². The number of halogens is 2. The Kier molecular flexibility index (Phi) is 7.11. The van der Waals surface area contributed by atoms with Crippen LogP contribution in [0.5, 0.6) is 0 Å². The van der Waals surface area contributed by atoms with Crippen LogP contribution in [0.1, 0.15) is 22.7 Å². The number of hydrogen-bond donors (Lipinski definition) is 1. The van der Waals surface area contributed by atoms with Crippen molar-refractivity contribution in [2.24, 2.45) is 0 Å². The Morgan fingerprint density at radius 3 is 2.22 bits per heavy atom. The van der Waals surface area contributed by atoms with Crippen molar-refractivity contribution in [2.45, 2.75) is 16.1 Å². The highest BCUT2D eigenvalue weighted by Crippen LogP contribution is 2.44. The van der Waals surface area contributed by atoms with E-state index in [9.17, 15) is 14.7 Å². The Bertz CT molecular complexity index is 1460. The summed E-state index contributed by atoms with van der Waals surface area (Å²) in [7, 11) is 0. The first-order valence-electron chi connectivity index (χ1n) is 10.7. The van der Waals surface area contributed by atoms with Gasteiger partial charge in [-0.2, -0.15) is 0 Å². The molecule has 5 rings (SSSR count). The van der Waals surface area contributed by atoms with Crippen molar-refractivity contribution in [1.29, 1.82) is 0 Å². The molecule has 1 aliphatic heterocycles. The quantitative estimate of drug-likeness (QED) is 0.0932. The van der Waals surface area contributed by atoms with Crippen molar-refractivity contribution in [3.63, 3.8) is 0 Å². The van der Waals surface area contributed by atoms with Gasteiger partial charge in [-0.25, -0.2) is 0 Å². The maximum Gasteiger partial charge on any atom is 0.301 e. The third-order valence-electron chi connectivity index (χ3n) is 5.55. The number of aliphatic hydroxyl groups excluding tert-OH is 1. The van der Waals surface area contributed by atoms with Gasteiger partial charge in [-0.15, -0.1) is 10.2 Å². The molecule has 36 heavy (non-hydrogen) atoms. The van der Waals surface area contributed by atoms with Crippen LogP contribution >= 0.6 is 46.3 Å². The monoisotopic (exact) mass is 553 g/mol. The average Bonchev–Trinajstić information content (AvgIpc) is 3.46. The second-order valence-electron chi connectivity index (χ2n) is 7.85. The number of amides is 1. The number of aliphatic hydroxyl groups is 1. The summed E-state index contributed by atoms with van der Waals surface area (Å²) < 4.78 is 0.645. The van der Waals surface area contributed by atoms with Crippen LogP contribution < -0.4 is 4.90 Å². The summed E-state index contributed by atoms with van der Waals surface area (Å²) >= 11 is 14.6. The lowest BCUT2D eigenvalue weighted by atomic mass is 9.95. The molecule has 0 saturated carbocycles. The number of carbonyl (C=O) groups excluding carboxylic acids is 2. The SMILES string of the molecule is O=C1C(=O)N(c2nnc(SCc3ccc(Cl)cc3)s2)C(c2ccccc2)/C1=C(/O)c1ccc(Cl)cc1. The van der Waals surface area contributed by atoms with E-state index in [1.807, 2.05) is 42.5 Å². The van der Waals surface area contributed by atoms with Gasteiger partial charge in [0.15, 0.2) is 4.34 Å². The normalized spacial score (nSPS) is 17.1. The van der Waals surface area contributed by atoms with Crippen LogP contribution in [-0.4, -0.2) is 27.0 Å². The maximum atomic E-state index is 13.2. The largest absolute Gasteiger partial charge is 0.507 e. The summed E-state index contributed by atoms with van der Waals surface area (Å²) in [6, 6.07) is 22.1. The highest BCUT2D eigenvalue weighted by atomic mass is 35.5. The van der Waals surface area contributed by atoms with Crippen LogP contribution in [0.4, 0.5) is 5.13 Å². The van der Waals surface area contributed by atoms with Gasteiger partial charge in [0, 0.05) is 21.4 Å². The van der Waals surface area contributed by atoms with Crippen molar-refractivity contribution in [3.8, 4) is 0 Å². The minimum atomic E-state index is -0.857. The third kappa shape index (κ3) is 4.90. The molecule has 1 fully saturated rings. The maximum absolute atomic E-state index is 13.2. The van der Waals surface area contributed by atoms with Crippen molar-refractivity contribution in [3.05, 3.63) is 111 Å². The minimum Gasteiger partial charge on any atom is -0.507 e. The number of rotatable bonds is 6. The van der Waals surface area contributed by atoms with Crippen LogP contribution in [0.15, 0.2) is 88.8 Å². The minimum absolute atomic E-state index is 0.0147. The van der Waals surface area contributed by atoms with Gasteiger partial charge >= 0.3 is 5.91 Å². The smallest absolute Gasteiger partial charge is 0.301 e.